The van der Waals surface area contributed by atoms with Crippen molar-refractivity contribution in [2.75, 3.05) is 6.54 Å². The van der Waals surface area contributed by atoms with E-state index in [4.69, 9.17) is 0 Å². The molecular weight excluding hydrogens is 246 g/mol. The molecule has 0 saturated heterocycles. The molecule has 1 aliphatic heterocycles. The zero-order valence-corrected chi connectivity index (χ0v) is 11.3. The molecule has 1 amide bonds. The minimum Gasteiger partial charge on any atom is -0.353 e. The molecule has 1 aliphatic carbocycles. The van der Waals surface area contributed by atoms with E-state index in [1.165, 1.54) is 23.4 Å². The van der Waals surface area contributed by atoms with Crippen LogP contribution in [0.2, 0.25) is 0 Å². The second kappa shape index (κ2) is 5.36. The maximum Gasteiger partial charge on any atom is 0.227 e. The van der Waals surface area contributed by atoms with E-state index in [1.807, 2.05) is 0 Å². The number of aromatic nitrogens is 1. The van der Waals surface area contributed by atoms with E-state index in [0.717, 1.165) is 37.4 Å². The molecule has 2 aliphatic rings. The van der Waals surface area contributed by atoms with E-state index >= 15 is 0 Å². The number of nitrogens with zero attached hydrogens (tertiary/aromatic N) is 1. The largest absolute Gasteiger partial charge is 0.353 e. The van der Waals surface area contributed by atoms with Gasteiger partial charge < -0.3 is 10.6 Å². The summed E-state index contributed by atoms with van der Waals surface area (Å²) in [6.45, 7) is 1.92. The molecule has 0 bridgehead atoms. The molecule has 4 nitrogen and oxygen atoms in total. The summed E-state index contributed by atoms with van der Waals surface area (Å²) in [5.41, 5.74) is 1.20. The molecule has 0 unspecified atom stereocenters. The second-order valence-corrected chi connectivity index (χ2v) is 6.30. The van der Waals surface area contributed by atoms with Crippen molar-refractivity contribution in [1.82, 2.24) is 15.6 Å². The Morgan fingerprint density at radius 2 is 2.28 bits per heavy atom. The summed E-state index contributed by atoms with van der Waals surface area (Å²) in [6.07, 6.45) is 6.24. The minimum atomic E-state index is 0.140. The van der Waals surface area contributed by atoms with Crippen LogP contribution >= 0.6 is 11.3 Å². The van der Waals surface area contributed by atoms with Crippen molar-refractivity contribution in [1.29, 1.82) is 0 Å². The fourth-order valence-electron chi connectivity index (χ4n) is 2.74. The normalized spacial score (nSPS) is 19.8. The summed E-state index contributed by atoms with van der Waals surface area (Å²) in [5.74, 6) is 0.140. The highest BCUT2D eigenvalue weighted by atomic mass is 32.1. The third-order valence-corrected chi connectivity index (χ3v) is 4.78. The predicted octanol–water partition coefficient (Wildman–Crippen LogP) is 1.39. The van der Waals surface area contributed by atoms with Crippen LogP contribution in [-0.2, 0) is 24.2 Å². The van der Waals surface area contributed by atoms with Crippen molar-refractivity contribution in [2.45, 2.75) is 51.1 Å². The summed E-state index contributed by atoms with van der Waals surface area (Å²) >= 11 is 1.69. The van der Waals surface area contributed by atoms with Crippen LogP contribution in [0.25, 0.3) is 0 Å². The monoisotopic (exact) mass is 265 g/mol. The minimum absolute atomic E-state index is 0.140. The van der Waals surface area contributed by atoms with E-state index in [9.17, 15) is 4.79 Å². The average Bonchev–Trinajstić information content (AvgIpc) is 2.96. The fraction of sp³-hybridized carbons (Fsp3) is 0.692. The Bertz CT molecular complexity index is 414. The van der Waals surface area contributed by atoms with Crippen LogP contribution in [0.3, 0.4) is 0 Å². The SMILES string of the molecule is O=C(Cc1nc2c(s1)CNCC2)NC1CCCC1. The lowest BCUT2D eigenvalue weighted by Crippen LogP contribution is -2.33. The molecule has 18 heavy (non-hydrogen) atoms. The van der Waals surface area contributed by atoms with Crippen LogP contribution < -0.4 is 10.6 Å². The highest BCUT2D eigenvalue weighted by Crippen LogP contribution is 2.22. The Hall–Kier alpha value is -0.940. The topological polar surface area (TPSA) is 54.0 Å². The van der Waals surface area contributed by atoms with Gasteiger partial charge in [0.05, 0.1) is 12.1 Å². The van der Waals surface area contributed by atoms with Gasteiger partial charge in [0.15, 0.2) is 0 Å². The lowest BCUT2D eigenvalue weighted by atomic mass is 10.2. The Balaban J connectivity index is 1.58. The standard InChI is InChI=1S/C13H19N3OS/c17-12(15-9-3-1-2-4-9)7-13-16-10-5-6-14-8-11(10)18-13/h9,14H,1-8H2,(H,15,17). The zero-order chi connectivity index (χ0) is 12.4. The van der Waals surface area contributed by atoms with Gasteiger partial charge >= 0.3 is 0 Å². The first kappa shape index (κ1) is 12.1. The van der Waals surface area contributed by atoms with Crippen LogP contribution in [0.4, 0.5) is 0 Å². The van der Waals surface area contributed by atoms with Crippen LogP contribution in [-0.4, -0.2) is 23.5 Å². The van der Waals surface area contributed by atoms with Crippen molar-refractivity contribution in [3.05, 3.63) is 15.6 Å². The van der Waals surface area contributed by atoms with Gasteiger partial charge in [-0.2, -0.15) is 0 Å². The number of hydrogen-bond donors (Lipinski definition) is 2. The first-order chi connectivity index (χ1) is 8.81. The summed E-state index contributed by atoms with van der Waals surface area (Å²) < 4.78 is 0. The van der Waals surface area contributed by atoms with Gasteiger partial charge in [-0.05, 0) is 12.8 Å². The van der Waals surface area contributed by atoms with Gasteiger partial charge in [0.25, 0.3) is 0 Å². The van der Waals surface area contributed by atoms with Crippen molar-refractivity contribution >= 4 is 17.2 Å². The number of nitrogens with one attached hydrogen (secondary N) is 2. The number of amides is 1. The molecular formula is C13H19N3OS. The third kappa shape index (κ3) is 2.72. The maximum absolute atomic E-state index is 11.9. The molecule has 98 valence electrons. The second-order valence-electron chi connectivity index (χ2n) is 5.13. The van der Waals surface area contributed by atoms with Crippen LogP contribution in [0.1, 0.15) is 41.3 Å². The molecule has 1 saturated carbocycles. The molecule has 0 spiro atoms. The van der Waals surface area contributed by atoms with E-state index < -0.39 is 0 Å². The van der Waals surface area contributed by atoms with Crippen molar-refractivity contribution < 1.29 is 4.79 Å². The summed E-state index contributed by atoms with van der Waals surface area (Å²) in [6, 6.07) is 0.411. The highest BCUT2D eigenvalue weighted by molar-refractivity contribution is 7.11. The Morgan fingerprint density at radius 3 is 3.06 bits per heavy atom. The smallest absolute Gasteiger partial charge is 0.227 e. The van der Waals surface area contributed by atoms with E-state index in [-0.39, 0.29) is 5.91 Å². The first-order valence-corrected chi connectivity index (χ1v) is 7.60. The molecule has 2 N–H and O–H groups in total. The molecule has 0 radical (unpaired) electrons. The number of fused-ring (bicyclic) bond motifs is 1. The van der Waals surface area contributed by atoms with Gasteiger partial charge in [-0.3, -0.25) is 4.79 Å². The lowest BCUT2D eigenvalue weighted by molar-refractivity contribution is -0.121. The fourth-order valence-corrected chi connectivity index (χ4v) is 3.82. The predicted molar refractivity (Wildman–Crippen MR) is 71.6 cm³/mol. The van der Waals surface area contributed by atoms with E-state index in [2.05, 4.69) is 15.6 Å². The third-order valence-electron chi connectivity index (χ3n) is 3.68. The quantitative estimate of drug-likeness (QED) is 0.868. The lowest BCUT2D eigenvalue weighted by Gasteiger charge is -2.10. The number of carbonyl (C=O) groups excluding carboxylic acids is 1. The van der Waals surface area contributed by atoms with Crippen LogP contribution in [0.5, 0.6) is 0 Å². The average molecular weight is 265 g/mol. The Morgan fingerprint density at radius 1 is 1.44 bits per heavy atom. The molecule has 0 aromatic carbocycles. The molecule has 5 heteroatoms. The van der Waals surface area contributed by atoms with Crippen molar-refractivity contribution in [3.63, 3.8) is 0 Å². The first-order valence-electron chi connectivity index (χ1n) is 6.79. The van der Waals surface area contributed by atoms with Gasteiger partial charge in [0.1, 0.15) is 5.01 Å². The molecule has 1 aromatic rings. The van der Waals surface area contributed by atoms with Crippen LogP contribution in [0, 0.1) is 0 Å². The number of hydrogen-bond acceptors (Lipinski definition) is 4. The van der Waals surface area contributed by atoms with E-state index in [0.29, 0.717) is 12.5 Å². The van der Waals surface area contributed by atoms with Gasteiger partial charge in [-0.1, -0.05) is 12.8 Å². The van der Waals surface area contributed by atoms with Crippen LogP contribution in [0.15, 0.2) is 0 Å². The highest BCUT2D eigenvalue weighted by Gasteiger charge is 2.19. The number of rotatable bonds is 3. The van der Waals surface area contributed by atoms with Gasteiger partial charge in [0, 0.05) is 30.4 Å². The molecule has 1 fully saturated rings. The molecule has 0 atom stereocenters. The van der Waals surface area contributed by atoms with Gasteiger partial charge in [-0.25, -0.2) is 4.98 Å². The van der Waals surface area contributed by atoms with Gasteiger partial charge in [0.2, 0.25) is 5.91 Å². The molecule has 3 rings (SSSR count). The van der Waals surface area contributed by atoms with Crippen molar-refractivity contribution in [2.24, 2.45) is 0 Å². The zero-order valence-electron chi connectivity index (χ0n) is 10.5. The Kier molecular flexibility index (Phi) is 3.61. The summed E-state index contributed by atoms with van der Waals surface area (Å²) in [5, 5.41) is 7.43. The number of carbonyl (C=O) groups is 1. The van der Waals surface area contributed by atoms with E-state index in [1.54, 1.807) is 11.3 Å². The molecule has 1 aromatic heterocycles. The van der Waals surface area contributed by atoms with Gasteiger partial charge in [-0.15, -0.1) is 11.3 Å². The Labute approximate surface area is 111 Å². The summed E-state index contributed by atoms with van der Waals surface area (Å²) in [4.78, 5) is 17.8. The molecule has 2 heterocycles. The van der Waals surface area contributed by atoms with Crippen molar-refractivity contribution in [3.8, 4) is 0 Å². The maximum atomic E-state index is 11.9. The number of thiazole rings is 1. The summed E-state index contributed by atoms with van der Waals surface area (Å²) in [7, 11) is 0.